The lowest BCUT2D eigenvalue weighted by atomic mass is 9.87. The second-order valence-corrected chi connectivity index (χ2v) is 5.18. The molecule has 1 aromatic carbocycles. The molecule has 1 saturated heterocycles. The van der Waals surface area contributed by atoms with Crippen molar-refractivity contribution >= 4 is 5.69 Å². The van der Waals surface area contributed by atoms with Crippen LogP contribution in [0.1, 0.15) is 20.3 Å². The van der Waals surface area contributed by atoms with Gasteiger partial charge in [-0.3, -0.25) is 0 Å². The normalized spacial score (nSPS) is 28.2. The fourth-order valence-corrected chi connectivity index (χ4v) is 2.93. The second kappa shape index (κ2) is 5.61. The fraction of sp³-hybridized carbons (Fsp3) is 0.600. The Hall–Kier alpha value is -1.22. The van der Waals surface area contributed by atoms with Crippen molar-refractivity contribution in [3.63, 3.8) is 0 Å². The first-order valence-corrected chi connectivity index (χ1v) is 6.75. The summed E-state index contributed by atoms with van der Waals surface area (Å²) < 4.78 is 5.31. The molecule has 3 unspecified atom stereocenters. The zero-order valence-electron chi connectivity index (χ0n) is 11.8. The van der Waals surface area contributed by atoms with E-state index in [1.807, 2.05) is 6.07 Å². The van der Waals surface area contributed by atoms with Crippen LogP contribution < -0.4 is 15.0 Å². The Morgan fingerprint density at radius 2 is 2.11 bits per heavy atom. The zero-order chi connectivity index (χ0) is 13.1. The number of rotatable bonds is 3. The predicted molar refractivity (Wildman–Crippen MR) is 76.4 cm³/mol. The van der Waals surface area contributed by atoms with Crippen molar-refractivity contribution in [2.45, 2.75) is 32.4 Å². The van der Waals surface area contributed by atoms with Crippen LogP contribution in [0.15, 0.2) is 24.3 Å². The first-order chi connectivity index (χ1) is 8.67. The van der Waals surface area contributed by atoms with E-state index in [0.29, 0.717) is 18.0 Å². The summed E-state index contributed by atoms with van der Waals surface area (Å²) in [5, 5.41) is 3.43. The summed E-state index contributed by atoms with van der Waals surface area (Å²) >= 11 is 0. The van der Waals surface area contributed by atoms with Crippen LogP contribution in [0.25, 0.3) is 0 Å². The summed E-state index contributed by atoms with van der Waals surface area (Å²) in [4.78, 5) is 2.49. The van der Waals surface area contributed by atoms with Crippen LogP contribution in [0.2, 0.25) is 0 Å². The number of methoxy groups -OCH3 is 1. The molecule has 0 radical (unpaired) electrons. The van der Waals surface area contributed by atoms with Crippen LogP contribution in [0.4, 0.5) is 5.69 Å². The van der Waals surface area contributed by atoms with E-state index < -0.39 is 0 Å². The summed E-state index contributed by atoms with van der Waals surface area (Å²) in [6, 6.07) is 9.53. The van der Waals surface area contributed by atoms with Gasteiger partial charge in [0.05, 0.1) is 7.11 Å². The molecule has 0 aromatic heterocycles. The number of nitrogens with zero attached hydrogens (tertiary/aromatic N) is 1. The molecule has 18 heavy (non-hydrogen) atoms. The topological polar surface area (TPSA) is 24.5 Å². The van der Waals surface area contributed by atoms with Gasteiger partial charge in [-0.15, -0.1) is 0 Å². The van der Waals surface area contributed by atoms with Crippen molar-refractivity contribution < 1.29 is 4.74 Å². The van der Waals surface area contributed by atoms with Gasteiger partial charge in [0.15, 0.2) is 0 Å². The van der Waals surface area contributed by atoms with Crippen molar-refractivity contribution in [1.29, 1.82) is 0 Å². The molecular weight excluding hydrogens is 224 g/mol. The smallest absolute Gasteiger partial charge is 0.120 e. The van der Waals surface area contributed by atoms with Gasteiger partial charge in [-0.25, -0.2) is 0 Å². The lowest BCUT2D eigenvalue weighted by molar-refractivity contribution is 0.282. The summed E-state index contributed by atoms with van der Waals surface area (Å²) in [5.41, 5.74) is 1.27. The molecule has 1 heterocycles. The van der Waals surface area contributed by atoms with Gasteiger partial charge >= 0.3 is 0 Å². The molecule has 0 aliphatic carbocycles. The van der Waals surface area contributed by atoms with Gasteiger partial charge < -0.3 is 15.0 Å². The number of nitrogens with one attached hydrogen (secondary N) is 1. The van der Waals surface area contributed by atoms with Crippen molar-refractivity contribution in [3.8, 4) is 5.75 Å². The maximum atomic E-state index is 5.31. The Labute approximate surface area is 110 Å². The van der Waals surface area contributed by atoms with Gasteiger partial charge in [0.2, 0.25) is 0 Å². The number of piperidine rings is 1. The van der Waals surface area contributed by atoms with Crippen molar-refractivity contribution in [3.05, 3.63) is 24.3 Å². The minimum Gasteiger partial charge on any atom is -0.497 e. The average molecular weight is 248 g/mol. The third kappa shape index (κ3) is 2.46. The van der Waals surface area contributed by atoms with E-state index in [4.69, 9.17) is 4.74 Å². The highest BCUT2D eigenvalue weighted by molar-refractivity contribution is 5.52. The molecule has 100 valence electrons. The third-order valence-electron chi connectivity index (χ3n) is 4.32. The molecule has 0 saturated carbocycles. The lowest BCUT2D eigenvalue weighted by Crippen LogP contribution is -2.52. The first kappa shape index (κ1) is 13.2. The second-order valence-electron chi connectivity index (χ2n) is 5.18. The monoisotopic (exact) mass is 248 g/mol. The molecule has 1 aromatic rings. The van der Waals surface area contributed by atoms with Gasteiger partial charge in [-0.05, 0) is 38.4 Å². The van der Waals surface area contributed by atoms with E-state index in [1.54, 1.807) is 7.11 Å². The van der Waals surface area contributed by atoms with Crippen LogP contribution >= 0.6 is 0 Å². The SMILES string of the molecule is CNC1CCN(c2cccc(OC)c2)C(C)C1C. The van der Waals surface area contributed by atoms with E-state index in [0.717, 1.165) is 12.3 Å². The number of benzene rings is 1. The van der Waals surface area contributed by atoms with Crippen LogP contribution in [0.3, 0.4) is 0 Å². The zero-order valence-corrected chi connectivity index (χ0v) is 11.8. The highest BCUT2D eigenvalue weighted by Gasteiger charge is 2.31. The van der Waals surface area contributed by atoms with Crippen molar-refractivity contribution in [2.75, 3.05) is 25.6 Å². The summed E-state index contributed by atoms with van der Waals surface area (Å²) in [7, 11) is 3.79. The molecule has 1 aliphatic heterocycles. The molecule has 0 spiro atoms. The molecule has 2 rings (SSSR count). The van der Waals surface area contributed by atoms with E-state index in [2.05, 4.69) is 49.3 Å². The van der Waals surface area contributed by atoms with E-state index in [1.165, 1.54) is 12.1 Å². The number of anilines is 1. The summed E-state index contributed by atoms with van der Waals surface area (Å²) in [5.74, 6) is 1.58. The van der Waals surface area contributed by atoms with Crippen molar-refractivity contribution in [2.24, 2.45) is 5.92 Å². The lowest BCUT2D eigenvalue weighted by Gasteiger charge is -2.44. The van der Waals surface area contributed by atoms with Crippen LogP contribution in [-0.4, -0.2) is 32.8 Å². The van der Waals surface area contributed by atoms with Gasteiger partial charge in [0.1, 0.15) is 5.75 Å². The molecule has 1 N–H and O–H groups in total. The van der Waals surface area contributed by atoms with Gasteiger partial charge in [-0.2, -0.15) is 0 Å². The Kier molecular flexibility index (Phi) is 4.12. The van der Waals surface area contributed by atoms with Crippen molar-refractivity contribution in [1.82, 2.24) is 5.32 Å². The quantitative estimate of drug-likeness (QED) is 0.889. The van der Waals surface area contributed by atoms with E-state index in [-0.39, 0.29) is 0 Å². The van der Waals surface area contributed by atoms with Gasteiger partial charge in [0, 0.05) is 30.4 Å². The Bertz CT molecular complexity index is 394. The minimum absolute atomic E-state index is 0.545. The largest absolute Gasteiger partial charge is 0.497 e. The number of hydrogen-bond acceptors (Lipinski definition) is 3. The van der Waals surface area contributed by atoms with E-state index in [9.17, 15) is 0 Å². The molecule has 0 amide bonds. The van der Waals surface area contributed by atoms with Crippen LogP contribution in [0.5, 0.6) is 5.75 Å². The molecule has 3 heteroatoms. The number of ether oxygens (including phenoxy) is 1. The molecule has 3 atom stereocenters. The first-order valence-electron chi connectivity index (χ1n) is 6.75. The Morgan fingerprint density at radius 3 is 2.78 bits per heavy atom. The van der Waals surface area contributed by atoms with Crippen LogP contribution in [0, 0.1) is 5.92 Å². The molecule has 0 bridgehead atoms. The Balaban J connectivity index is 2.18. The highest BCUT2D eigenvalue weighted by Crippen LogP contribution is 2.30. The van der Waals surface area contributed by atoms with E-state index >= 15 is 0 Å². The molecular formula is C15H24N2O. The standard InChI is InChI=1S/C15H24N2O/c1-11-12(2)17(9-8-15(11)16-3)13-6-5-7-14(10-13)18-4/h5-7,10-12,15-16H,8-9H2,1-4H3. The minimum atomic E-state index is 0.545. The van der Waals surface area contributed by atoms with Crippen LogP contribution in [-0.2, 0) is 0 Å². The number of hydrogen-bond donors (Lipinski definition) is 1. The third-order valence-corrected chi connectivity index (χ3v) is 4.32. The van der Waals surface area contributed by atoms with Gasteiger partial charge in [0.25, 0.3) is 0 Å². The molecule has 3 nitrogen and oxygen atoms in total. The fourth-order valence-electron chi connectivity index (χ4n) is 2.93. The van der Waals surface area contributed by atoms with Gasteiger partial charge in [-0.1, -0.05) is 13.0 Å². The maximum absolute atomic E-state index is 5.31. The predicted octanol–water partition coefficient (Wildman–Crippen LogP) is 2.52. The summed E-state index contributed by atoms with van der Waals surface area (Å²) in [6.07, 6.45) is 1.19. The Morgan fingerprint density at radius 1 is 1.33 bits per heavy atom. The molecule has 1 fully saturated rings. The summed E-state index contributed by atoms with van der Waals surface area (Å²) in [6.45, 7) is 5.75. The highest BCUT2D eigenvalue weighted by atomic mass is 16.5. The maximum Gasteiger partial charge on any atom is 0.120 e. The molecule has 1 aliphatic rings. The average Bonchev–Trinajstić information content (AvgIpc) is 2.42.